The molecular formula is C15H16N2O3. The molecule has 2 aromatic rings. The predicted octanol–water partition coefficient (Wildman–Crippen LogP) is 2.54. The highest BCUT2D eigenvalue weighted by atomic mass is 16.5. The zero-order valence-electron chi connectivity index (χ0n) is 11.3. The Morgan fingerprint density at radius 3 is 2.55 bits per heavy atom. The van der Waals surface area contributed by atoms with Crippen molar-refractivity contribution in [3.05, 3.63) is 48.0 Å². The summed E-state index contributed by atoms with van der Waals surface area (Å²) in [6.07, 6.45) is 0. The zero-order chi connectivity index (χ0) is 14.5. The van der Waals surface area contributed by atoms with Crippen molar-refractivity contribution in [2.24, 2.45) is 0 Å². The molecule has 0 heterocycles. The van der Waals surface area contributed by atoms with Crippen molar-refractivity contribution in [3.63, 3.8) is 0 Å². The van der Waals surface area contributed by atoms with Crippen LogP contribution in [-0.4, -0.2) is 20.1 Å². The molecular weight excluding hydrogens is 256 g/mol. The molecule has 104 valence electrons. The maximum Gasteiger partial charge on any atom is 0.255 e. The molecule has 2 aromatic carbocycles. The number of carbonyl (C=O) groups excluding carboxylic acids is 1. The molecule has 5 nitrogen and oxygen atoms in total. The molecule has 0 saturated heterocycles. The third-order valence-corrected chi connectivity index (χ3v) is 2.78. The third-order valence-electron chi connectivity index (χ3n) is 2.78. The Bertz CT molecular complexity index is 626. The molecule has 0 bridgehead atoms. The van der Waals surface area contributed by atoms with E-state index in [0.29, 0.717) is 28.4 Å². The number of hydrogen-bond donors (Lipinski definition) is 2. The van der Waals surface area contributed by atoms with Crippen molar-refractivity contribution in [1.82, 2.24) is 0 Å². The van der Waals surface area contributed by atoms with Gasteiger partial charge < -0.3 is 20.5 Å². The Labute approximate surface area is 117 Å². The van der Waals surface area contributed by atoms with Crippen LogP contribution in [-0.2, 0) is 0 Å². The molecule has 0 atom stereocenters. The summed E-state index contributed by atoms with van der Waals surface area (Å²) in [6, 6.07) is 12.1. The lowest BCUT2D eigenvalue weighted by atomic mass is 10.1. The molecule has 0 unspecified atom stereocenters. The zero-order valence-corrected chi connectivity index (χ0v) is 11.3. The molecule has 0 saturated carbocycles. The van der Waals surface area contributed by atoms with Gasteiger partial charge in [0.25, 0.3) is 5.91 Å². The first-order valence-corrected chi connectivity index (χ1v) is 6.03. The van der Waals surface area contributed by atoms with Crippen LogP contribution in [0, 0.1) is 0 Å². The standard InChI is InChI=1S/C15H16N2O3/c1-19-12-8-10(7-11(16)9-12)15(18)17-13-5-3-4-6-14(13)20-2/h3-9H,16H2,1-2H3,(H,17,18). The number of anilines is 2. The van der Waals surface area contributed by atoms with E-state index in [1.54, 1.807) is 37.4 Å². The van der Waals surface area contributed by atoms with E-state index in [-0.39, 0.29) is 5.91 Å². The lowest BCUT2D eigenvalue weighted by molar-refractivity contribution is 0.102. The van der Waals surface area contributed by atoms with Gasteiger partial charge in [-0.05, 0) is 24.3 Å². The van der Waals surface area contributed by atoms with Gasteiger partial charge >= 0.3 is 0 Å². The Balaban J connectivity index is 2.26. The molecule has 1 amide bonds. The first-order chi connectivity index (χ1) is 9.63. The maximum atomic E-state index is 12.2. The largest absolute Gasteiger partial charge is 0.497 e. The van der Waals surface area contributed by atoms with Gasteiger partial charge in [-0.25, -0.2) is 0 Å². The Kier molecular flexibility index (Phi) is 4.10. The highest BCUT2D eigenvalue weighted by Crippen LogP contribution is 2.25. The molecule has 0 aliphatic carbocycles. The summed E-state index contributed by atoms with van der Waals surface area (Å²) in [5.41, 5.74) is 7.23. The van der Waals surface area contributed by atoms with Crippen LogP contribution in [0.3, 0.4) is 0 Å². The van der Waals surface area contributed by atoms with Crippen molar-refractivity contribution < 1.29 is 14.3 Å². The topological polar surface area (TPSA) is 73.6 Å². The first-order valence-electron chi connectivity index (χ1n) is 6.03. The van der Waals surface area contributed by atoms with Crippen molar-refractivity contribution >= 4 is 17.3 Å². The molecule has 20 heavy (non-hydrogen) atoms. The second-order valence-electron chi connectivity index (χ2n) is 4.15. The quantitative estimate of drug-likeness (QED) is 0.839. The smallest absolute Gasteiger partial charge is 0.255 e. The van der Waals surface area contributed by atoms with Gasteiger partial charge in [-0.2, -0.15) is 0 Å². The highest BCUT2D eigenvalue weighted by molar-refractivity contribution is 6.05. The normalized spacial score (nSPS) is 9.90. The van der Waals surface area contributed by atoms with Gasteiger partial charge in [0, 0.05) is 17.3 Å². The summed E-state index contributed by atoms with van der Waals surface area (Å²) in [4.78, 5) is 12.2. The number of nitrogens with one attached hydrogen (secondary N) is 1. The SMILES string of the molecule is COc1cc(N)cc(C(=O)Nc2ccccc2OC)c1. The van der Waals surface area contributed by atoms with Crippen LogP contribution in [0.2, 0.25) is 0 Å². The molecule has 0 spiro atoms. The molecule has 0 fully saturated rings. The number of carbonyl (C=O) groups is 1. The van der Waals surface area contributed by atoms with Crippen LogP contribution in [0.1, 0.15) is 10.4 Å². The van der Waals surface area contributed by atoms with E-state index in [1.165, 1.54) is 7.11 Å². The van der Waals surface area contributed by atoms with Gasteiger partial charge in [0.15, 0.2) is 0 Å². The molecule has 0 aromatic heterocycles. The van der Waals surface area contributed by atoms with Crippen LogP contribution in [0.4, 0.5) is 11.4 Å². The van der Waals surface area contributed by atoms with Gasteiger partial charge in [0.05, 0.1) is 19.9 Å². The molecule has 2 rings (SSSR count). The van der Waals surface area contributed by atoms with E-state index >= 15 is 0 Å². The maximum absolute atomic E-state index is 12.2. The van der Waals surface area contributed by atoms with E-state index in [1.807, 2.05) is 12.1 Å². The van der Waals surface area contributed by atoms with Gasteiger partial charge in [0.2, 0.25) is 0 Å². The number of nitrogens with two attached hydrogens (primary N) is 1. The fourth-order valence-electron chi connectivity index (χ4n) is 1.81. The van der Waals surface area contributed by atoms with Crippen LogP contribution < -0.4 is 20.5 Å². The number of benzene rings is 2. The summed E-state index contributed by atoms with van der Waals surface area (Å²) in [6.45, 7) is 0. The lowest BCUT2D eigenvalue weighted by Crippen LogP contribution is -2.13. The summed E-state index contributed by atoms with van der Waals surface area (Å²) in [5.74, 6) is 0.854. The second kappa shape index (κ2) is 5.97. The number of amides is 1. The fourth-order valence-corrected chi connectivity index (χ4v) is 1.81. The second-order valence-corrected chi connectivity index (χ2v) is 4.15. The molecule has 0 aliphatic heterocycles. The van der Waals surface area contributed by atoms with Crippen molar-refractivity contribution in [1.29, 1.82) is 0 Å². The lowest BCUT2D eigenvalue weighted by Gasteiger charge is -2.11. The van der Waals surface area contributed by atoms with Gasteiger partial charge in [0.1, 0.15) is 11.5 Å². The number of nitrogen functional groups attached to an aromatic ring is 1. The van der Waals surface area contributed by atoms with E-state index in [4.69, 9.17) is 15.2 Å². The summed E-state index contributed by atoms with van der Waals surface area (Å²) >= 11 is 0. The van der Waals surface area contributed by atoms with Crippen LogP contribution in [0.25, 0.3) is 0 Å². The van der Waals surface area contributed by atoms with Gasteiger partial charge in [-0.1, -0.05) is 12.1 Å². The molecule has 0 radical (unpaired) electrons. The average molecular weight is 272 g/mol. The molecule has 3 N–H and O–H groups in total. The van der Waals surface area contributed by atoms with Gasteiger partial charge in [-0.15, -0.1) is 0 Å². The van der Waals surface area contributed by atoms with Crippen LogP contribution >= 0.6 is 0 Å². The van der Waals surface area contributed by atoms with E-state index in [9.17, 15) is 4.79 Å². The van der Waals surface area contributed by atoms with Gasteiger partial charge in [-0.3, -0.25) is 4.79 Å². The van der Waals surface area contributed by atoms with Crippen molar-refractivity contribution in [2.75, 3.05) is 25.3 Å². The van der Waals surface area contributed by atoms with E-state index < -0.39 is 0 Å². The minimum Gasteiger partial charge on any atom is -0.497 e. The number of methoxy groups -OCH3 is 2. The summed E-state index contributed by atoms with van der Waals surface area (Å²) < 4.78 is 10.3. The third kappa shape index (κ3) is 3.00. The van der Waals surface area contributed by atoms with Crippen LogP contribution in [0.15, 0.2) is 42.5 Å². The number of hydrogen-bond acceptors (Lipinski definition) is 4. The van der Waals surface area contributed by atoms with E-state index in [2.05, 4.69) is 5.32 Å². The first kappa shape index (κ1) is 13.7. The highest BCUT2D eigenvalue weighted by Gasteiger charge is 2.11. The molecule has 0 aliphatic rings. The average Bonchev–Trinajstić information content (AvgIpc) is 2.47. The van der Waals surface area contributed by atoms with E-state index in [0.717, 1.165) is 0 Å². The van der Waals surface area contributed by atoms with Crippen molar-refractivity contribution in [2.45, 2.75) is 0 Å². The number of rotatable bonds is 4. The number of ether oxygens (including phenoxy) is 2. The van der Waals surface area contributed by atoms with Crippen LogP contribution in [0.5, 0.6) is 11.5 Å². The summed E-state index contributed by atoms with van der Waals surface area (Å²) in [7, 11) is 3.07. The summed E-state index contributed by atoms with van der Waals surface area (Å²) in [5, 5.41) is 2.78. The monoisotopic (exact) mass is 272 g/mol. The Hall–Kier alpha value is -2.69. The molecule has 5 heteroatoms. The minimum atomic E-state index is -0.278. The minimum absolute atomic E-state index is 0.278. The fraction of sp³-hybridized carbons (Fsp3) is 0.133. The Morgan fingerprint density at radius 2 is 1.85 bits per heavy atom. The number of para-hydroxylation sites is 2. The Morgan fingerprint density at radius 1 is 1.10 bits per heavy atom. The predicted molar refractivity (Wildman–Crippen MR) is 78.4 cm³/mol. The van der Waals surface area contributed by atoms with Crippen molar-refractivity contribution in [3.8, 4) is 11.5 Å².